The van der Waals surface area contributed by atoms with E-state index in [0.29, 0.717) is 18.7 Å². The van der Waals surface area contributed by atoms with Gasteiger partial charge in [0.05, 0.1) is 6.10 Å². The minimum atomic E-state index is -0.361. The number of aryl methyl sites for hydroxylation is 1. The van der Waals surface area contributed by atoms with E-state index < -0.39 is 0 Å². The highest BCUT2D eigenvalue weighted by atomic mass is 19.1. The summed E-state index contributed by atoms with van der Waals surface area (Å²) >= 11 is 0. The molecule has 0 fully saturated rings. The van der Waals surface area contributed by atoms with Gasteiger partial charge < -0.3 is 10.4 Å². The van der Waals surface area contributed by atoms with Crippen LogP contribution in [0.15, 0.2) is 18.2 Å². The van der Waals surface area contributed by atoms with Gasteiger partial charge >= 0.3 is 0 Å². The summed E-state index contributed by atoms with van der Waals surface area (Å²) in [7, 11) is 0. The lowest BCUT2D eigenvalue weighted by atomic mass is 9.89. The third kappa shape index (κ3) is 5.61. The number of aliphatic hydroxyl groups excluding tert-OH is 1. The van der Waals surface area contributed by atoms with Gasteiger partial charge in [0.25, 0.3) is 0 Å². The topological polar surface area (TPSA) is 32.3 Å². The second-order valence-corrected chi connectivity index (χ2v) is 6.13. The van der Waals surface area contributed by atoms with Gasteiger partial charge in [-0.25, -0.2) is 4.39 Å². The molecule has 1 unspecified atom stereocenters. The normalized spacial score (nSPS) is 13.7. The van der Waals surface area contributed by atoms with Gasteiger partial charge in [-0.15, -0.1) is 0 Å². The first-order valence-electron chi connectivity index (χ1n) is 6.42. The smallest absolute Gasteiger partial charge is 0.126 e. The quantitative estimate of drug-likeness (QED) is 0.845. The van der Waals surface area contributed by atoms with Crippen molar-refractivity contribution in [2.75, 3.05) is 6.54 Å². The van der Waals surface area contributed by atoms with Gasteiger partial charge in [-0.1, -0.05) is 32.9 Å². The SMILES string of the molecule is Cc1ccc(CNCC(O)CC(C)(C)C)cc1F. The van der Waals surface area contributed by atoms with E-state index in [4.69, 9.17) is 0 Å². The fourth-order valence-electron chi connectivity index (χ4n) is 1.91. The summed E-state index contributed by atoms with van der Waals surface area (Å²) in [5.74, 6) is -0.176. The van der Waals surface area contributed by atoms with Crippen molar-refractivity contribution < 1.29 is 9.50 Å². The molecule has 1 rings (SSSR count). The Bertz CT molecular complexity index is 385. The Balaban J connectivity index is 2.35. The van der Waals surface area contributed by atoms with Gasteiger partial charge in [0.15, 0.2) is 0 Å². The van der Waals surface area contributed by atoms with Crippen LogP contribution in [0.5, 0.6) is 0 Å². The number of aliphatic hydroxyl groups is 1. The van der Waals surface area contributed by atoms with Crippen molar-refractivity contribution >= 4 is 0 Å². The molecule has 0 radical (unpaired) electrons. The number of nitrogens with one attached hydrogen (secondary N) is 1. The fourth-order valence-corrected chi connectivity index (χ4v) is 1.91. The van der Waals surface area contributed by atoms with Gasteiger partial charge in [-0.05, 0) is 36.0 Å². The molecule has 0 spiro atoms. The molecule has 0 aliphatic heterocycles. The molecule has 1 aromatic carbocycles. The van der Waals surface area contributed by atoms with Crippen molar-refractivity contribution in [3.8, 4) is 0 Å². The maximum atomic E-state index is 13.3. The molecule has 0 heterocycles. The van der Waals surface area contributed by atoms with Gasteiger partial charge in [-0.2, -0.15) is 0 Å². The molecule has 0 aliphatic rings. The Morgan fingerprint density at radius 2 is 2.00 bits per heavy atom. The Labute approximate surface area is 109 Å². The highest BCUT2D eigenvalue weighted by molar-refractivity contribution is 5.23. The van der Waals surface area contributed by atoms with Crippen molar-refractivity contribution in [2.45, 2.75) is 46.8 Å². The molecule has 102 valence electrons. The van der Waals surface area contributed by atoms with Crippen LogP contribution in [0.4, 0.5) is 4.39 Å². The number of hydrogen-bond acceptors (Lipinski definition) is 2. The molecule has 2 N–H and O–H groups in total. The van der Waals surface area contributed by atoms with Crippen LogP contribution in [0.3, 0.4) is 0 Å². The zero-order valence-corrected chi connectivity index (χ0v) is 11.8. The predicted molar refractivity (Wildman–Crippen MR) is 72.9 cm³/mol. The third-order valence-corrected chi connectivity index (χ3v) is 2.79. The maximum Gasteiger partial charge on any atom is 0.126 e. The second-order valence-electron chi connectivity index (χ2n) is 6.13. The molecule has 1 atom stereocenters. The summed E-state index contributed by atoms with van der Waals surface area (Å²) in [5.41, 5.74) is 1.68. The number of halogens is 1. The van der Waals surface area contributed by atoms with Crippen molar-refractivity contribution in [3.05, 3.63) is 35.1 Å². The largest absolute Gasteiger partial charge is 0.392 e. The van der Waals surface area contributed by atoms with Crippen LogP contribution in [0.2, 0.25) is 0 Å². The van der Waals surface area contributed by atoms with Crippen molar-refractivity contribution in [3.63, 3.8) is 0 Å². The van der Waals surface area contributed by atoms with Gasteiger partial charge in [0.2, 0.25) is 0 Å². The van der Waals surface area contributed by atoms with E-state index >= 15 is 0 Å². The highest BCUT2D eigenvalue weighted by Crippen LogP contribution is 2.20. The summed E-state index contributed by atoms with van der Waals surface area (Å²) < 4.78 is 13.3. The summed E-state index contributed by atoms with van der Waals surface area (Å²) in [6.07, 6.45) is 0.391. The lowest BCUT2D eigenvalue weighted by Gasteiger charge is -2.22. The molecule has 0 bridgehead atoms. The highest BCUT2D eigenvalue weighted by Gasteiger charge is 2.16. The maximum absolute atomic E-state index is 13.3. The molecule has 2 nitrogen and oxygen atoms in total. The standard InChI is InChI=1S/C15H24FNO/c1-11-5-6-12(7-14(11)16)9-17-10-13(18)8-15(2,3)4/h5-7,13,17-18H,8-10H2,1-4H3. The van der Waals surface area contributed by atoms with Crippen molar-refractivity contribution in [1.29, 1.82) is 0 Å². The Morgan fingerprint density at radius 3 is 2.56 bits per heavy atom. The minimum Gasteiger partial charge on any atom is -0.392 e. The van der Waals surface area contributed by atoms with Crippen LogP contribution in [0.1, 0.15) is 38.3 Å². The number of hydrogen-bond donors (Lipinski definition) is 2. The van der Waals surface area contributed by atoms with Crippen LogP contribution >= 0.6 is 0 Å². The molecule has 0 aromatic heterocycles. The monoisotopic (exact) mass is 253 g/mol. The summed E-state index contributed by atoms with van der Waals surface area (Å²) in [5, 5.41) is 13.0. The molecule has 0 saturated heterocycles. The third-order valence-electron chi connectivity index (χ3n) is 2.79. The van der Waals surface area contributed by atoms with E-state index in [-0.39, 0.29) is 17.3 Å². The van der Waals surface area contributed by atoms with E-state index in [1.165, 1.54) is 0 Å². The molecular weight excluding hydrogens is 229 g/mol. The molecule has 18 heavy (non-hydrogen) atoms. The Morgan fingerprint density at radius 1 is 1.33 bits per heavy atom. The first-order chi connectivity index (χ1) is 8.28. The van der Waals surface area contributed by atoms with Crippen LogP contribution in [0, 0.1) is 18.2 Å². The second kappa shape index (κ2) is 6.30. The molecule has 0 aliphatic carbocycles. The summed E-state index contributed by atoms with van der Waals surface area (Å²) in [6, 6.07) is 5.22. The minimum absolute atomic E-state index is 0.122. The number of benzene rings is 1. The number of rotatable bonds is 5. The van der Waals surface area contributed by atoms with E-state index in [1.54, 1.807) is 19.1 Å². The zero-order valence-electron chi connectivity index (χ0n) is 11.8. The summed E-state index contributed by atoms with van der Waals surface area (Å²) in [4.78, 5) is 0. The van der Waals surface area contributed by atoms with Crippen LogP contribution in [-0.2, 0) is 6.54 Å². The van der Waals surface area contributed by atoms with Gasteiger partial charge in [0, 0.05) is 13.1 Å². The van der Waals surface area contributed by atoms with Crippen LogP contribution in [0.25, 0.3) is 0 Å². The summed E-state index contributed by atoms with van der Waals surface area (Å²) in [6.45, 7) is 9.17. The first-order valence-corrected chi connectivity index (χ1v) is 6.42. The van der Waals surface area contributed by atoms with Gasteiger partial charge in [-0.3, -0.25) is 0 Å². The molecule has 1 aromatic rings. The molecular formula is C15H24FNO. The van der Waals surface area contributed by atoms with Gasteiger partial charge in [0.1, 0.15) is 5.82 Å². The Hall–Kier alpha value is -0.930. The molecule has 0 amide bonds. The van der Waals surface area contributed by atoms with Crippen molar-refractivity contribution in [2.24, 2.45) is 5.41 Å². The zero-order chi connectivity index (χ0) is 13.8. The lowest BCUT2D eigenvalue weighted by molar-refractivity contribution is 0.119. The molecule has 3 heteroatoms. The Kier molecular flexibility index (Phi) is 5.29. The average Bonchev–Trinajstić information content (AvgIpc) is 2.20. The fraction of sp³-hybridized carbons (Fsp3) is 0.600. The van der Waals surface area contributed by atoms with E-state index in [9.17, 15) is 9.50 Å². The van der Waals surface area contributed by atoms with E-state index in [2.05, 4.69) is 26.1 Å². The van der Waals surface area contributed by atoms with E-state index in [0.717, 1.165) is 12.0 Å². The van der Waals surface area contributed by atoms with E-state index in [1.807, 2.05) is 6.07 Å². The predicted octanol–water partition coefficient (Wildman–Crippen LogP) is 3.02. The average molecular weight is 253 g/mol. The lowest BCUT2D eigenvalue weighted by Crippen LogP contribution is -2.29. The van der Waals surface area contributed by atoms with Crippen LogP contribution in [-0.4, -0.2) is 17.8 Å². The molecule has 0 saturated carbocycles. The van der Waals surface area contributed by atoms with Crippen molar-refractivity contribution in [1.82, 2.24) is 5.32 Å². The first kappa shape index (κ1) is 15.1. The van der Waals surface area contributed by atoms with Crippen LogP contribution < -0.4 is 5.32 Å².